The number of hydrogen-bond acceptors (Lipinski definition) is 4. The molecule has 1 aliphatic heterocycles. The van der Waals surface area contributed by atoms with Crippen molar-refractivity contribution in [3.63, 3.8) is 0 Å². The number of nitrogens with one attached hydrogen (secondary N) is 1. The normalized spacial score (nSPS) is 20.0. The number of thioether (sulfide) groups is 1. The van der Waals surface area contributed by atoms with Crippen molar-refractivity contribution in [2.24, 2.45) is 0 Å². The maximum Gasteiger partial charge on any atom is 0.147 e. The van der Waals surface area contributed by atoms with Crippen molar-refractivity contribution in [1.82, 2.24) is 4.98 Å². The molecule has 1 fully saturated rings. The summed E-state index contributed by atoms with van der Waals surface area (Å²) in [5.74, 6) is 2.18. The highest BCUT2D eigenvalue weighted by molar-refractivity contribution is 8.00. The third-order valence-corrected chi connectivity index (χ3v) is 4.47. The van der Waals surface area contributed by atoms with Gasteiger partial charge in [-0.1, -0.05) is 23.2 Å². The molecule has 3 N–H and O–H groups in total. The molecule has 1 aromatic heterocycles. The molecule has 6 heteroatoms. The molecule has 1 aliphatic rings. The Balaban J connectivity index is 2.00. The first-order valence-electron chi connectivity index (χ1n) is 5.14. The van der Waals surface area contributed by atoms with Crippen LogP contribution in [-0.2, 0) is 0 Å². The molecule has 2 rings (SSSR count). The van der Waals surface area contributed by atoms with Gasteiger partial charge in [0.05, 0.1) is 10.0 Å². The van der Waals surface area contributed by atoms with E-state index in [0.717, 1.165) is 6.54 Å². The van der Waals surface area contributed by atoms with Gasteiger partial charge < -0.3 is 11.1 Å². The Morgan fingerprint density at radius 3 is 3.00 bits per heavy atom. The van der Waals surface area contributed by atoms with E-state index in [2.05, 4.69) is 10.3 Å². The number of aromatic nitrogens is 1. The van der Waals surface area contributed by atoms with Gasteiger partial charge in [0.25, 0.3) is 0 Å². The Bertz CT molecular complexity index is 381. The molecule has 1 unspecified atom stereocenters. The fourth-order valence-electron chi connectivity index (χ4n) is 1.62. The lowest BCUT2D eigenvalue weighted by Gasteiger charge is -2.12. The first-order valence-corrected chi connectivity index (χ1v) is 6.94. The number of anilines is 2. The molecular formula is C10H13Cl2N3S. The highest BCUT2D eigenvalue weighted by Gasteiger charge is 2.16. The molecular weight excluding hydrogens is 265 g/mol. The molecule has 1 atom stereocenters. The van der Waals surface area contributed by atoms with E-state index in [1.165, 1.54) is 18.6 Å². The van der Waals surface area contributed by atoms with E-state index in [0.29, 0.717) is 26.9 Å². The number of nitrogens with two attached hydrogens (primary N) is 1. The van der Waals surface area contributed by atoms with Crippen LogP contribution in [0.3, 0.4) is 0 Å². The van der Waals surface area contributed by atoms with Gasteiger partial charge in [-0.25, -0.2) is 4.98 Å². The van der Waals surface area contributed by atoms with Crippen LogP contribution in [0.15, 0.2) is 6.07 Å². The van der Waals surface area contributed by atoms with Crippen LogP contribution >= 0.6 is 35.0 Å². The van der Waals surface area contributed by atoms with Crippen molar-refractivity contribution in [2.45, 2.75) is 18.1 Å². The van der Waals surface area contributed by atoms with Crippen LogP contribution in [0.4, 0.5) is 11.6 Å². The Morgan fingerprint density at radius 2 is 2.31 bits per heavy atom. The van der Waals surface area contributed by atoms with Gasteiger partial charge >= 0.3 is 0 Å². The lowest BCUT2D eigenvalue weighted by molar-refractivity contribution is 0.803. The van der Waals surface area contributed by atoms with E-state index in [9.17, 15) is 0 Å². The van der Waals surface area contributed by atoms with Crippen LogP contribution in [0.5, 0.6) is 0 Å². The molecule has 0 spiro atoms. The summed E-state index contributed by atoms with van der Waals surface area (Å²) < 4.78 is 0. The predicted molar refractivity (Wildman–Crippen MR) is 72.6 cm³/mol. The van der Waals surface area contributed by atoms with Crippen LogP contribution in [0.1, 0.15) is 12.8 Å². The topological polar surface area (TPSA) is 50.9 Å². The molecule has 16 heavy (non-hydrogen) atoms. The molecule has 1 aromatic rings. The third kappa shape index (κ3) is 2.87. The fraction of sp³-hybridized carbons (Fsp3) is 0.500. The molecule has 0 amide bonds. The highest BCUT2D eigenvalue weighted by Crippen LogP contribution is 2.29. The maximum absolute atomic E-state index is 6.02. The number of rotatable bonds is 3. The van der Waals surface area contributed by atoms with Crippen LogP contribution in [0.2, 0.25) is 10.0 Å². The smallest absolute Gasteiger partial charge is 0.147 e. The van der Waals surface area contributed by atoms with Crippen LogP contribution in [0, 0.1) is 0 Å². The highest BCUT2D eigenvalue weighted by atomic mass is 35.5. The quantitative estimate of drug-likeness (QED) is 0.891. The summed E-state index contributed by atoms with van der Waals surface area (Å²) >= 11 is 13.8. The van der Waals surface area contributed by atoms with Gasteiger partial charge in [-0.3, -0.25) is 0 Å². The Kier molecular flexibility index (Phi) is 4.05. The van der Waals surface area contributed by atoms with E-state index >= 15 is 0 Å². The average Bonchev–Trinajstić information content (AvgIpc) is 2.74. The second kappa shape index (κ2) is 5.34. The summed E-state index contributed by atoms with van der Waals surface area (Å²) in [6.45, 7) is 0.873. The Labute approximate surface area is 109 Å². The first kappa shape index (κ1) is 12.1. The van der Waals surface area contributed by atoms with Crippen molar-refractivity contribution in [1.29, 1.82) is 0 Å². The van der Waals surface area contributed by atoms with Gasteiger partial charge in [0, 0.05) is 11.8 Å². The first-order chi connectivity index (χ1) is 7.66. The van der Waals surface area contributed by atoms with E-state index < -0.39 is 0 Å². The monoisotopic (exact) mass is 277 g/mol. The number of pyridine rings is 1. The minimum absolute atomic E-state index is 0.313. The number of nitrogen functional groups attached to an aromatic ring is 1. The summed E-state index contributed by atoms with van der Waals surface area (Å²) in [5, 5.41) is 4.78. The lowest BCUT2D eigenvalue weighted by atomic mass is 10.2. The zero-order valence-corrected chi connectivity index (χ0v) is 11.0. The van der Waals surface area contributed by atoms with Gasteiger partial charge in [0.1, 0.15) is 11.6 Å². The minimum Gasteiger partial charge on any atom is -0.382 e. The van der Waals surface area contributed by atoms with Crippen LogP contribution in [0.25, 0.3) is 0 Å². The van der Waals surface area contributed by atoms with Gasteiger partial charge in [0.2, 0.25) is 0 Å². The minimum atomic E-state index is 0.313. The Hall–Kier alpha value is -0.320. The Morgan fingerprint density at radius 1 is 1.50 bits per heavy atom. The van der Waals surface area contributed by atoms with Gasteiger partial charge in [-0.05, 0) is 24.7 Å². The summed E-state index contributed by atoms with van der Waals surface area (Å²) in [7, 11) is 0. The van der Waals surface area contributed by atoms with Crippen molar-refractivity contribution in [2.75, 3.05) is 23.3 Å². The number of hydrogen-bond donors (Lipinski definition) is 2. The average molecular weight is 278 g/mol. The SMILES string of the molecule is Nc1nc(NCC2CCCS2)c(Cl)cc1Cl. The maximum atomic E-state index is 6.02. The molecule has 0 radical (unpaired) electrons. The largest absolute Gasteiger partial charge is 0.382 e. The van der Waals surface area contributed by atoms with Crippen molar-refractivity contribution in [3.05, 3.63) is 16.1 Å². The standard InChI is InChI=1S/C10H13Cl2N3S/c11-7-4-8(12)10(15-9(7)13)14-5-6-2-1-3-16-6/h4,6H,1-3,5H2,(H3,13,14,15). The zero-order valence-electron chi connectivity index (χ0n) is 8.67. The predicted octanol–water partition coefficient (Wildman–Crippen LogP) is 3.28. The third-order valence-electron chi connectivity index (χ3n) is 2.48. The summed E-state index contributed by atoms with van der Waals surface area (Å²) in [5.41, 5.74) is 5.63. The van der Waals surface area contributed by atoms with Gasteiger partial charge in [-0.15, -0.1) is 0 Å². The lowest BCUT2D eigenvalue weighted by Crippen LogP contribution is -2.15. The number of halogens is 2. The molecule has 1 saturated heterocycles. The summed E-state index contributed by atoms with van der Waals surface area (Å²) in [6.07, 6.45) is 2.54. The van der Waals surface area contributed by atoms with Gasteiger partial charge in [-0.2, -0.15) is 11.8 Å². The van der Waals surface area contributed by atoms with E-state index in [1.807, 2.05) is 11.8 Å². The molecule has 3 nitrogen and oxygen atoms in total. The second-order valence-electron chi connectivity index (χ2n) is 3.70. The summed E-state index contributed by atoms with van der Waals surface area (Å²) in [4.78, 5) is 4.13. The van der Waals surface area contributed by atoms with Crippen molar-refractivity contribution >= 4 is 46.6 Å². The zero-order chi connectivity index (χ0) is 11.5. The molecule has 0 saturated carbocycles. The number of nitrogens with zero attached hydrogens (tertiary/aromatic N) is 1. The molecule has 2 heterocycles. The van der Waals surface area contributed by atoms with Crippen molar-refractivity contribution < 1.29 is 0 Å². The van der Waals surface area contributed by atoms with E-state index in [4.69, 9.17) is 28.9 Å². The van der Waals surface area contributed by atoms with Gasteiger partial charge in [0.15, 0.2) is 0 Å². The van der Waals surface area contributed by atoms with E-state index in [-0.39, 0.29) is 0 Å². The van der Waals surface area contributed by atoms with E-state index in [1.54, 1.807) is 6.07 Å². The van der Waals surface area contributed by atoms with Crippen LogP contribution < -0.4 is 11.1 Å². The molecule has 0 aromatic carbocycles. The summed E-state index contributed by atoms with van der Waals surface area (Å²) in [6, 6.07) is 1.62. The molecule has 0 aliphatic carbocycles. The molecule has 0 bridgehead atoms. The second-order valence-corrected chi connectivity index (χ2v) is 5.92. The fourth-order valence-corrected chi connectivity index (χ4v) is 3.25. The van der Waals surface area contributed by atoms with Crippen molar-refractivity contribution in [3.8, 4) is 0 Å². The molecule has 88 valence electrons. The van der Waals surface area contributed by atoms with Crippen LogP contribution in [-0.4, -0.2) is 22.5 Å².